The molecule has 0 aliphatic carbocycles. The number of ether oxygens (including phenoxy) is 1. The normalized spacial score (nSPS) is 17.5. The molecule has 0 saturated heterocycles. The van der Waals surface area contributed by atoms with Crippen LogP contribution in [0.4, 0.5) is 5.69 Å². The van der Waals surface area contributed by atoms with Crippen LogP contribution in [0.15, 0.2) is 54.9 Å². The van der Waals surface area contributed by atoms with Gasteiger partial charge in [-0.1, -0.05) is 42.5 Å². The number of anilines is 1. The Labute approximate surface area is 192 Å². The number of carbonyl (C=O) groups is 3. The zero-order valence-corrected chi connectivity index (χ0v) is 19.1. The van der Waals surface area contributed by atoms with E-state index in [0.717, 1.165) is 16.7 Å². The summed E-state index contributed by atoms with van der Waals surface area (Å²) in [7, 11) is 1.24. The van der Waals surface area contributed by atoms with Crippen molar-refractivity contribution in [1.82, 2.24) is 14.9 Å². The summed E-state index contributed by atoms with van der Waals surface area (Å²) in [6.45, 7) is 6.00. The highest BCUT2D eigenvalue weighted by molar-refractivity contribution is 6.15. The van der Waals surface area contributed by atoms with Crippen molar-refractivity contribution in [3.63, 3.8) is 0 Å². The minimum absolute atomic E-state index is 0.0652. The lowest BCUT2D eigenvalue weighted by molar-refractivity contribution is -0.126. The van der Waals surface area contributed by atoms with Crippen LogP contribution in [0.2, 0.25) is 0 Å². The Balaban J connectivity index is 1.80. The van der Waals surface area contributed by atoms with E-state index in [1.54, 1.807) is 11.5 Å². The van der Waals surface area contributed by atoms with Crippen LogP contribution in [0.5, 0.6) is 0 Å². The second kappa shape index (κ2) is 8.54. The molecule has 0 unspecified atom stereocenters. The number of rotatable bonds is 5. The topological polar surface area (TPSA) is 93.5 Å². The number of aryl methyl sites for hydroxylation is 2. The summed E-state index contributed by atoms with van der Waals surface area (Å²) in [4.78, 5) is 45.3. The number of esters is 1. The van der Waals surface area contributed by atoms with E-state index in [9.17, 15) is 14.4 Å². The number of hydrogen-bond acceptors (Lipinski definition) is 5. The highest BCUT2D eigenvalue weighted by Gasteiger charge is 2.50. The predicted molar refractivity (Wildman–Crippen MR) is 123 cm³/mol. The molecule has 4 rings (SSSR count). The number of benzene rings is 2. The van der Waals surface area contributed by atoms with Gasteiger partial charge in [0.1, 0.15) is 11.2 Å². The van der Waals surface area contributed by atoms with Crippen LogP contribution in [0.1, 0.15) is 44.6 Å². The molecule has 8 heteroatoms. The van der Waals surface area contributed by atoms with E-state index in [2.05, 4.69) is 10.3 Å². The zero-order valence-electron chi connectivity index (χ0n) is 19.1. The van der Waals surface area contributed by atoms with Crippen molar-refractivity contribution in [2.24, 2.45) is 0 Å². The number of nitrogens with one attached hydrogen (secondary N) is 1. The number of imidazole rings is 1. The van der Waals surface area contributed by atoms with Gasteiger partial charge in [0.05, 0.1) is 20.0 Å². The maximum Gasteiger partial charge on any atom is 0.359 e. The monoisotopic (exact) mass is 446 g/mol. The largest absolute Gasteiger partial charge is 0.464 e. The molecule has 0 radical (unpaired) electrons. The third kappa shape index (κ3) is 3.88. The molecule has 2 amide bonds. The molecule has 2 aromatic carbocycles. The molecule has 170 valence electrons. The second-order valence-corrected chi connectivity index (χ2v) is 8.43. The van der Waals surface area contributed by atoms with Gasteiger partial charge < -0.3 is 14.6 Å². The number of fused-ring (bicyclic) bond motifs is 1. The maximum atomic E-state index is 13.9. The summed E-state index contributed by atoms with van der Waals surface area (Å²) in [5.74, 6) is -1.49. The summed E-state index contributed by atoms with van der Waals surface area (Å²) in [5, 5.41) is 2.98. The van der Waals surface area contributed by atoms with Gasteiger partial charge in [-0.3, -0.25) is 14.5 Å². The Morgan fingerprint density at radius 1 is 1.15 bits per heavy atom. The van der Waals surface area contributed by atoms with Gasteiger partial charge in [0, 0.05) is 12.2 Å². The van der Waals surface area contributed by atoms with Gasteiger partial charge in [0.2, 0.25) is 5.91 Å². The van der Waals surface area contributed by atoms with Gasteiger partial charge in [-0.25, -0.2) is 9.78 Å². The molecule has 3 aromatic rings. The molecular weight excluding hydrogens is 420 g/mol. The number of aromatic nitrogens is 2. The van der Waals surface area contributed by atoms with Crippen molar-refractivity contribution < 1.29 is 19.1 Å². The highest BCUT2D eigenvalue weighted by atomic mass is 16.5. The Hall–Kier alpha value is -3.94. The first-order valence-electron chi connectivity index (χ1n) is 10.6. The van der Waals surface area contributed by atoms with E-state index in [4.69, 9.17) is 4.74 Å². The zero-order chi connectivity index (χ0) is 23.8. The molecule has 1 aromatic heterocycles. The first-order chi connectivity index (χ1) is 15.8. The van der Waals surface area contributed by atoms with Crippen molar-refractivity contribution in [2.45, 2.75) is 39.4 Å². The fourth-order valence-electron chi connectivity index (χ4n) is 4.18. The lowest BCUT2D eigenvalue weighted by Gasteiger charge is -2.44. The lowest BCUT2D eigenvalue weighted by atomic mass is 9.92. The maximum absolute atomic E-state index is 13.9. The van der Waals surface area contributed by atoms with E-state index in [-0.39, 0.29) is 23.8 Å². The van der Waals surface area contributed by atoms with Crippen LogP contribution in [0.25, 0.3) is 0 Å². The smallest absolute Gasteiger partial charge is 0.359 e. The predicted octanol–water partition coefficient (Wildman–Crippen LogP) is 3.02. The van der Waals surface area contributed by atoms with Gasteiger partial charge in [-0.05, 0) is 43.5 Å². The average molecular weight is 447 g/mol. The Morgan fingerprint density at radius 2 is 1.88 bits per heavy atom. The first-order valence-corrected chi connectivity index (χ1v) is 10.6. The van der Waals surface area contributed by atoms with Crippen molar-refractivity contribution in [3.05, 3.63) is 82.9 Å². The van der Waals surface area contributed by atoms with Crippen molar-refractivity contribution in [3.8, 4) is 0 Å². The third-order valence-electron chi connectivity index (χ3n) is 5.98. The molecule has 0 saturated carbocycles. The minimum Gasteiger partial charge on any atom is -0.464 e. The molecule has 2 heterocycles. The third-order valence-corrected chi connectivity index (χ3v) is 5.98. The van der Waals surface area contributed by atoms with Crippen LogP contribution < -0.4 is 10.2 Å². The number of nitrogens with zero attached hydrogens (tertiary/aromatic N) is 3. The molecule has 1 aliphatic rings. The van der Waals surface area contributed by atoms with E-state index in [1.165, 1.54) is 18.3 Å². The summed E-state index contributed by atoms with van der Waals surface area (Å²) in [6, 6.07) is 15.3. The lowest BCUT2D eigenvalue weighted by Crippen LogP contribution is -2.64. The second-order valence-electron chi connectivity index (χ2n) is 8.43. The average Bonchev–Trinajstić information content (AvgIpc) is 3.23. The van der Waals surface area contributed by atoms with Crippen LogP contribution in [-0.4, -0.2) is 40.0 Å². The number of hydrogen-bond donors (Lipinski definition) is 1. The van der Waals surface area contributed by atoms with Crippen molar-refractivity contribution in [1.29, 1.82) is 0 Å². The van der Waals surface area contributed by atoms with Gasteiger partial charge in [-0.2, -0.15) is 0 Å². The van der Waals surface area contributed by atoms with E-state index in [0.29, 0.717) is 12.2 Å². The summed E-state index contributed by atoms with van der Waals surface area (Å²) >= 11 is 0. The van der Waals surface area contributed by atoms with Gasteiger partial charge in [0.25, 0.3) is 5.91 Å². The Bertz CT molecular complexity index is 1230. The summed E-state index contributed by atoms with van der Waals surface area (Å²) < 4.78 is 6.37. The number of methoxy groups -OCH3 is 1. The SMILES string of the molecule is COC(=O)c1ncn2c1C(=O)N(c1cc(C)ccc1C)[C@](C)(C(=O)NCc1ccccc1)C2. The van der Waals surface area contributed by atoms with Gasteiger partial charge >= 0.3 is 5.97 Å². The molecule has 1 N–H and O–H groups in total. The van der Waals surface area contributed by atoms with E-state index in [1.807, 2.05) is 62.4 Å². The van der Waals surface area contributed by atoms with E-state index >= 15 is 0 Å². The first kappa shape index (κ1) is 22.3. The van der Waals surface area contributed by atoms with E-state index < -0.39 is 17.4 Å². The van der Waals surface area contributed by atoms with Gasteiger partial charge in [-0.15, -0.1) is 0 Å². The molecule has 0 bridgehead atoms. The molecule has 0 spiro atoms. The molecule has 0 fully saturated rings. The van der Waals surface area contributed by atoms with Crippen molar-refractivity contribution >= 4 is 23.5 Å². The minimum atomic E-state index is -1.26. The quantitative estimate of drug-likeness (QED) is 0.608. The summed E-state index contributed by atoms with van der Waals surface area (Å²) in [5.41, 5.74) is 2.13. The number of carbonyl (C=O) groups excluding carboxylic acids is 3. The molecule has 1 atom stereocenters. The highest BCUT2D eigenvalue weighted by Crippen LogP contribution is 2.36. The standard InChI is InChI=1S/C25H26N4O4/c1-16-10-11-17(2)19(12-16)29-22(30)21-20(23(31)33-4)27-15-28(21)14-25(29,3)24(32)26-13-18-8-6-5-7-9-18/h5-12,15H,13-14H2,1-4H3,(H,26,32)/t25-/m0/s1. The Morgan fingerprint density at radius 3 is 2.58 bits per heavy atom. The van der Waals surface area contributed by atoms with Crippen LogP contribution in [-0.2, 0) is 22.6 Å². The molecule has 8 nitrogen and oxygen atoms in total. The fourth-order valence-corrected chi connectivity index (χ4v) is 4.18. The summed E-state index contributed by atoms with van der Waals surface area (Å²) in [6.07, 6.45) is 1.41. The number of amides is 2. The fraction of sp³-hybridized carbons (Fsp3) is 0.280. The van der Waals surface area contributed by atoms with Crippen LogP contribution >= 0.6 is 0 Å². The van der Waals surface area contributed by atoms with Gasteiger partial charge in [0.15, 0.2) is 5.69 Å². The molecule has 33 heavy (non-hydrogen) atoms. The van der Waals surface area contributed by atoms with Crippen LogP contribution in [0.3, 0.4) is 0 Å². The van der Waals surface area contributed by atoms with Crippen molar-refractivity contribution in [2.75, 3.05) is 12.0 Å². The molecular formula is C25H26N4O4. The Kier molecular flexibility index (Phi) is 5.76. The molecule has 1 aliphatic heterocycles. The van der Waals surface area contributed by atoms with Crippen LogP contribution in [0, 0.1) is 13.8 Å².